The average Bonchev–Trinajstić information content (AvgIpc) is 2.75. The summed E-state index contributed by atoms with van der Waals surface area (Å²) < 4.78 is 21.7. The Balaban J connectivity index is 1.63. The van der Waals surface area contributed by atoms with Crippen LogP contribution < -0.4 is 24.3 Å². The molecule has 0 fully saturated rings. The third-order valence-electron chi connectivity index (χ3n) is 4.32. The normalized spacial score (nSPS) is 10.4. The van der Waals surface area contributed by atoms with Crippen molar-refractivity contribution in [3.05, 3.63) is 60.2 Å². The lowest BCUT2D eigenvalue weighted by atomic mass is 10.1. The minimum Gasteiger partial charge on any atom is -0.493 e. The number of fused-ring (bicyclic) bond motifs is 1. The summed E-state index contributed by atoms with van der Waals surface area (Å²) in [6.07, 6.45) is 0. The van der Waals surface area contributed by atoms with Gasteiger partial charge in [0.1, 0.15) is 5.75 Å². The second-order valence-electron chi connectivity index (χ2n) is 6.08. The van der Waals surface area contributed by atoms with E-state index in [-0.39, 0.29) is 12.5 Å². The number of ether oxygens (including phenoxy) is 4. The van der Waals surface area contributed by atoms with Gasteiger partial charge in [0.2, 0.25) is 5.75 Å². The highest BCUT2D eigenvalue weighted by molar-refractivity contribution is 5.88. The number of hydrogen-bond acceptors (Lipinski definition) is 5. The van der Waals surface area contributed by atoms with Crippen LogP contribution in [0.1, 0.15) is 5.56 Å². The van der Waals surface area contributed by atoms with Gasteiger partial charge in [-0.15, -0.1) is 0 Å². The highest BCUT2D eigenvalue weighted by Gasteiger charge is 2.14. The minimum absolute atomic E-state index is 0.0710. The Hall–Kier alpha value is -3.41. The lowest BCUT2D eigenvalue weighted by Gasteiger charge is -2.14. The lowest BCUT2D eigenvalue weighted by molar-refractivity contribution is -0.123. The van der Waals surface area contributed by atoms with Gasteiger partial charge in [0, 0.05) is 11.9 Å². The molecule has 0 aliphatic heterocycles. The summed E-state index contributed by atoms with van der Waals surface area (Å²) in [6.45, 7) is 0.243. The molecular weight excluding hydrogens is 358 g/mol. The number of methoxy groups -OCH3 is 3. The molecular formula is C22H23NO5. The summed E-state index contributed by atoms with van der Waals surface area (Å²) in [6, 6.07) is 17.3. The maximum Gasteiger partial charge on any atom is 0.258 e. The molecule has 0 spiro atoms. The number of carbonyl (C=O) groups excluding carboxylic acids is 1. The number of carbonyl (C=O) groups is 1. The van der Waals surface area contributed by atoms with Crippen molar-refractivity contribution in [2.45, 2.75) is 6.54 Å². The number of amides is 1. The first kappa shape index (κ1) is 19.4. The quantitative estimate of drug-likeness (QED) is 0.646. The monoisotopic (exact) mass is 381 g/mol. The molecule has 3 aromatic rings. The van der Waals surface area contributed by atoms with Crippen LogP contribution >= 0.6 is 0 Å². The highest BCUT2D eigenvalue weighted by atomic mass is 16.5. The smallest absolute Gasteiger partial charge is 0.258 e. The zero-order valence-corrected chi connectivity index (χ0v) is 16.2. The zero-order valence-electron chi connectivity index (χ0n) is 16.2. The summed E-state index contributed by atoms with van der Waals surface area (Å²) in [5.74, 6) is 2.05. The Labute approximate surface area is 164 Å². The summed E-state index contributed by atoms with van der Waals surface area (Å²) in [5.41, 5.74) is 0.827. The molecule has 0 saturated heterocycles. The second kappa shape index (κ2) is 8.99. The van der Waals surface area contributed by atoms with Crippen LogP contribution in [0.4, 0.5) is 0 Å². The average molecular weight is 381 g/mol. The van der Waals surface area contributed by atoms with E-state index in [0.717, 1.165) is 16.3 Å². The van der Waals surface area contributed by atoms with Gasteiger partial charge >= 0.3 is 0 Å². The summed E-state index contributed by atoms with van der Waals surface area (Å²) in [7, 11) is 4.65. The maximum atomic E-state index is 12.2. The minimum atomic E-state index is -0.221. The Morgan fingerprint density at radius 1 is 0.857 bits per heavy atom. The molecule has 3 rings (SSSR count). The van der Waals surface area contributed by atoms with E-state index in [2.05, 4.69) is 5.32 Å². The fourth-order valence-electron chi connectivity index (χ4n) is 2.95. The van der Waals surface area contributed by atoms with Gasteiger partial charge in [-0.3, -0.25) is 4.79 Å². The fourth-order valence-corrected chi connectivity index (χ4v) is 2.95. The van der Waals surface area contributed by atoms with Crippen LogP contribution in [0.5, 0.6) is 23.0 Å². The molecule has 0 bridgehead atoms. The molecule has 1 amide bonds. The van der Waals surface area contributed by atoms with Crippen LogP contribution in [0.15, 0.2) is 54.6 Å². The molecule has 0 radical (unpaired) electrons. The first-order valence-electron chi connectivity index (χ1n) is 8.82. The van der Waals surface area contributed by atoms with E-state index in [0.29, 0.717) is 29.5 Å². The zero-order chi connectivity index (χ0) is 19.9. The molecule has 0 atom stereocenters. The molecule has 0 aromatic heterocycles. The Bertz CT molecular complexity index is 940. The van der Waals surface area contributed by atoms with E-state index in [1.807, 2.05) is 42.5 Å². The Morgan fingerprint density at radius 2 is 1.54 bits per heavy atom. The van der Waals surface area contributed by atoms with Crippen molar-refractivity contribution in [3.63, 3.8) is 0 Å². The van der Waals surface area contributed by atoms with Crippen molar-refractivity contribution in [3.8, 4) is 23.0 Å². The second-order valence-corrected chi connectivity index (χ2v) is 6.08. The molecule has 3 aromatic carbocycles. The molecule has 0 aliphatic rings. The first-order valence-corrected chi connectivity index (χ1v) is 8.82. The van der Waals surface area contributed by atoms with E-state index in [1.165, 1.54) is 0 Å². The van der Waals surface area contributed by atoms with E-state index in [1.54, 1.807) is 33.5 Å². The van der Waals surface area contributed by atoms with Gasteiger partial charge in [-0.05, 0) is 29.1 Å². The van der Waals surface area contributed by atoms with E-state index >= 15 is 0 Å². The van der Waals surface area contributed by atoms with Crippen LogP contribution in [0.2, 0.25) is 0 Å². The number of nitrogens with one attached hydrogen (secondary N) is 1. The van der Waals surface area contributed by atoms with Crippen LogP contribution in [0.25, 0.3) is 10.8 Å². The summed E-state index contributed by atoms with van der Waals surface area (Å²) in [5, 5.41) is 4.88. The van der Waals surface area contributed by atoms with Crippen LogP contribution in [-0.2, 0) is 11.3 Å². The molecule has 0 aliphatic carbocycles. The van der Waals surface area contributed by atoms with Crippen molar-refractivity contribution in [2.24, 2.45) is 0 Å². The number of hydrogen-bond donors (Lipinski definition) is 1. The number of benzene rings is 3. The lowest BCUT2D eigenvalue weighted by Crippen LogP contribution is -2.28. The largest absolute Gasteiger partial charge is 0.493 e. The molecule has 0 saturated carbocycles. The highest BCUT2D eigenvalue weighted by Crippen LogP contribution is 2.38. The SMILES string of the molecule is COc1cc(CNC(=O)COc2cccc3ccccc23)cc(OC)c1OC. The Kier molecular flexibility index (Phi) is 6.22. The molecule has 0 heterocycles. The molecule has 6 heteroatoms. The molecule has 1 N–H and O–H groups in total. The molecule has 6 nitrogen and oxygen atoms in total. The third kappa shape index (κ3) is 4.28. The van der Waals surface area contributed by atoms with Crippen molar-refractivity contribution < 1.29 is 23.7 Å². The molecule has 0 unspecified atom stereocenters. The molecule has 28 heavy (non-hydrogen) atoms. The topological polar surface area (TPSA) is 66.0 Å². The third-order valence-corrected chi connectivity index (χ3v) is 4.32. The van der Waals surface area contributed by atoms with Crippen molar-refractivity contribution in [1.29, 1.82) is 0 Å². The number of rotatable bonds is 8. The Morgan fingerprint density at radius 3 is 2.21 bits per heavy atom. The van der Waals surface area contributed by atoms with Crippen molar-refractivity contribution in [2.75, 3.05) is 27.9 Å². The fraction of sp³-hybridized carbons (Fsp3) is 0.227. The van der Waals surface area contributed by atoms with E-state index in [4.69, 9.17) is 18.9 Å². The van der Waals surface area contributed by atoms with Gasteiger partial charge in [0.15, 0.2) is 18.1 Å². The predicted octanol–water partition coefficient (Wildman–Crippen LogP) is 3.56. The van der Waals surface area contributed by atoms with Crippen LogP contribution in [0.3, 0.4) is 0 Å². The maximum absolute atomic E-state index is 12.2. The van der Waals surface area contributed by atoms with Crippen LogP contribution in [0, 0.1) is 0 Å². The first-order chi connectivity index (χ1) is 13.7. The predicted molar refractivity (Wildman–Crippen MR) is 107 cm³/mol. The van der Waals surface area contributed by atoms with Gasteiger partial charge in [0.25, 0.3) is 5.91 Å². The van der Waals surface area contributed by atoms with Gasteiger partial charge in [-0.2, -0.15) is 0 Å². The van der Waals surface area contributed by atoms with Gasteiger partial charge in [0.05, 0.1) is 21.3 Å². The van der Waals surface area contributed by atoms with Crippen molar-refractivity contribution in [1.82, 2.24) is 5.32 Å². The standard InChI is InChI=1S/C22H23NO5/c1-25-19-11-15(12-20(26-2)22(19)27-3)13-23-21(24)14-28-18-10-6-8-16-7-4-5-9-17(16)18/h4-12H,13-14H2,1-3H3,(H,23,24). The van der Waals surface area contributed by atoms with Crippen molar-refractivity contribution >= 4 is 16.7 Å². The van der Waals surface area contributed by atoms with Gasteiger partial charge in [-0.1, -0.05) is 36.4 Å². The summed E-state index contributed by atoms with van der Waals surface area (Å²) >= 11 is 0. The van der Waals surface area contributed by atoms with E-state index in [9.17, 15) is 4.79 Å². The van der Waals surface area contributed by atoms with E-state index < -0.39 is 0 Å². The van der Waals surface area contributed by atoms with Gasteiger partial charge in [-0.25, -0.2) is 0 Å². The van der Waals surface area contributed by atoms with Crippen LogP contribution in [-0.4, -0.2) is 33.8 Å². The van der Waals surface area contributed by atoms with Gasteiger partial charge < -0.3 is 24.3 Å². The molecule has 146 valence electrons. The summed E-state index contributed by atoms with van der Waals surface area (Å²) in [4.78, 5) is 12.2.